The molecule has 0 atom stereocenters. The minimum atomic E-state index is -4.03. The number of benzene rings is 1. The third-order valence-electron chi connectivity index (χ3n) is 4.36. The highest BCUT2D eigenvalue weighted by molar-refractivity contribution is 7.92. The van der Waals surface area contributed by atoms with Gasteiger partial charge in [0.05, 0.1) is 49.3 Å². The summed E-state index contributed by atoms with van der Waals surface area (Å²) in [6.07, 6.45) is 0.345. The van der Waals surface area contributed by atoms with E-state index in [1.165, 1.54) is 25.0 Å². The number of nitro benzene ring substituents is 1. The molecule has 1 aromatic carbocycles. The molecule has 0 unspecified atom stereocenters. The van der Waals surface area contributed by atoms with Crippen molar-refractivity contribution in [2.45, 2.75) is 20.3 Å². The van der Waals surface area contributed by atoms with E-state index in [0.29, 0.717) is 15.7 Å². The summed E-state index contributed by atoms with van der Waals surface area (Å²) in [5.41, 5.74) is 0.534. The smallest absolute Gasteiger partial charge is 0.277 e. The molecule has 12 heteroatoms. The predicted molar refractivity (Wildman–Crippen MR) is 105 cm³/mol. The van der Waals surface area contributed by atoms with Gasteiger partial charge in [0.2, 0.25) is 15.9 Å². The number of nitrogens with zero attached hydrogens (tertiary/aromatic N) is 4. The van der Waals surface area contributed by atoms with Crippen LogP contribution in [0.25, 0.3) is 0 Å². The molecule has 0 fully saturated rings. The van der Waals surface area contributed by atoms with E-state index in [2.05, 4.69) is 5.10 Å². The van der Waals surface area contributed by atoms with Crippen molar-refractivity contribution < 1.29 is 27.6 Å². The Kier molecular flexibility index (Phi) is 6.16. The number of anilines is 1. The number of hydrogen-bond acceptors (Lipinski definition) is 8. The van der Waals surface area contributed by atoms with Crippen molar-refractivity contribution in [1.82, 2.24) is 9.78 Å². The average molecular weight is 426 g/mol. The number of amides is 1. The lowest BCUT2D eigenvalue weighted by atomic mass is 10.1. The van der Waals surface area contributed by atoms with Gasteiger partial charge in [-0.15, -0.1) is 0 Å². The largest absolute Gasteiger partial charge is 0.493 e. The van der Waals surface area contributed by atoms with Crippen LogP contribution in [0.15, 0.2) is 12.1 Å². The molecule has 0 aliphatic heterocycles. The Morgan fingerprint density at radius 3 is 2.21 bits per heavy atom. The quantitative estimate of drug-likeness (QED) is 0.480. The van der Waals surface area contributed by atoms with E-state index in [4.69, 9.17) is 9.47 Å². The maximum atomic E-state index is 13.0. The second kappa shape index (κ2) is 8.07. The zero-order chi connectivity index (χ0) is 22.1. The van der Waals surface area contributed by atoms with Crippen molar-refractivity contribution in [3.05, 3.63) is 39.2 Å². The van der Waals surface area contributed by atoms with E-state index >= 15 is 0 Å². The molecule has 0 aliphatic rings. The zero-order valence-corrected chi connectivity index (χ0v) is 17.7. The number of carbonyl (C=O) groups is 1. The van der Waals surface area contributed by atoms with Crippen LogP contribution in [0.5, 0.6) is 11.5 Å². The van der Waals surface area contributed by atoms with Crippen LogP contribution >= 0.6 is 0 Å². The van der Waals surface area contributed by atoms with Crippen LogP contribution in [-0.2, 0) is 28.3 Å². The SMILES string of the molecule is COc1cc(CC(=O)N(c2c(C)nn(C)c2C)S(C)(=O)=O)c([N+](=O)[O-])cc1OC. The van der Waals surface area contributed by atoms with Crippen LogP contribution in [-0.4, -0.2) is 49.5 Å². The number of carbonyl (C=O) groups excluding carboxylic acids is 1. The van der Waals surface area contributed by atoms with Crippen LogP contribution in [0.4, 0.5) is 11.4 Å². The first-order valence-electron chi connectivity index (χ1n) is 8.35. The van der Waals surface area contributed by atoms with Gasteiger partial charge in [0.15, 0.2) is 11.5 Å². The first-order chi connectivity index (χ1) is 13.4. The van der Waals surface area contributed by atoms with Gasteiger partial charge in [-0.25, -0.2) is 12.7 Å². The van der Waals surface area contributed by atoms with Gasteiger partial charge in [0, 0.05) is 12.6 Å². The number of ether oxygens (including phenoxy) is 2. The second-order valence-corrected chi connectivity index (χ2v) is 8.17. The van der Waals surface area contributed by atoms with Crippen molar-refractivity contribution in [2.24, 2.45) is 7.05 Å². The zero-order valence-electron chi connectivity index (χ0n) is 16.9. The van der Waals surface area contributed by atoms with Crippen LogP contribution in [0.1, 0.15) is 17.0 Å². The highest BCUT2D eigenvalue weighted by atomic mass is 32.2. The Hall–Kier alpha value is -3.15. The summed E-state index contributed by atoms with van der Waals surface area (Å²) in [6, 6.07) is 2.42. The Balaban J connectivity index is 2.59. The van der Waals surface area contributed by atoms with Gasteiger partial charge < -0.3 is 9.47 Å². The van der Waals surface area contributed by atoms with Crippen molar-refractivity contribution in [3.63, 3.8) is 0 Å². The fourth-order valence-corrected chi connectivity index (χ4v) is 4.02. The van der Waals surface area contributed by atoms with Crippen molar-refractivity contribution in [2.75, 3.05) is 24.8 Å². The van der Waals surface area contributed by atoms with Gasteiger partial charge in [-0.1, -0.05) is 0 Å². The monoisotopic (exact) mass is 426 g/mol. The molecule has 2 rings (SSSR count). The summed E-state index contributed by atoms with van der Waals surface area (Å²) in [4.78, 5) is 23.8. The highest BCUT2D eigenvalue weighted by Gasteiger charge is 2.32. The Bertz CT molecular complexity index is 1080. The maximum Gasteiger partial charge on any atom is 0.277 e. The van der Waals surface area contributed by atoms with E-state index in [-0.39, 0.29) is 28.4 Å². The number of sulfonamides is 1. The summed E-state index contributed by atoms with van der Waals surface area (Å²) < 4.78 is 37.1. The summed E-state index contributed by atoms with van der Waals surface area (Å²) in [6.45, 7) is 3.20. The summed E-state index contributed by atoms with van der Waals surface area (Å²) >= 11 is 0. The molecular formula is C17H22N4O7S. The Morgan fingerprint density at radius 2 is 1.79 bits per heavy atom. The topological polar surface area (TPSA) is 134 Å². The predicted octanol–water partition coefficient (Wildman–Crippen LogP) is 1.50. The van der Waals surface area contributed by atoms with E-state index in [0.717, 1.165) is 12.3 Å². The second-order valence-electron chi connectivity index (χ2n) is 6.33. The number of nitro groups is 1. The first-order valence-corrected chi connectivity index (χ1v) is 10.2. The fraction of sp³-hybridized carbons (Fsp3) is 0.412. The van der Waals surface area contributed by atoms with Crippen molar-refractivity contribution in [3.8, 4) is 11.5 Å². The van der Waals surface area contributed by atoms with Crippen molar-refractivity contribution >= 4 is 27.3 Å². The molecule has 29 heavy (non-hydrogen) atoms. The number of hydrogen-bond donors (Lipinski definition) is 0. The molecule has 0 saturated heterocycles. The van der Waals surface area contributed by atoms with Gasteiger partial charge in [-0.05, 0) is 19.9 Å². The standard InChI is InChI=1S/C17H22N4O7S/c1-10-17(11(2)19(3)18-10)20(29(6,25)26)16(22)8-12-7-14(27-4)15(28-5)9-13(12)21(23)24/h7,9H,8H2,1-6H3. The molecular weight excluding hydrogens is 404 g/mol. The normalized spacial score (nSPS) is 11.2. The molecule has 0 N–H and O–H groups in total. The lowest BCUT2D eigenvalue weighted by Crippen LogP contribution is -2.38. The Morgan fingerprint density at radius 1 is 1.24 bits per heavy atom. The summed E-state index contributed by atoms with van der Waals surface area (Å²) in [5.74, 6) is -0.558. The van der Waals surface area contributed by atoms with Gasteiger partial charge in [0.25, 0.3) is 5.69 Å². The summed E-state index contributed by atoms with van der Waals surface area (Å²) in [5, 5.41) is 15.6. The van der Waals surface area contributed by atoms with Gasteiger partial charge in [0.1, 0.15) is 5.69 Å². The molecule has 1 heterocycles. The fourth-order valence-electron chi connectivity index (χ4n) is 2.99. The van der Waals surface area contributed by atoms with Crippen molar-refractivity contribution in [1.29, 1.82) is 0 Å². The van der Waals surface area contributed by atoms with E-state index in [1.807, 2.05) is 0 Å². The number of aryl methyl sites for hydroxylation is 2. The highest BCUT2D eigenvalue weighted by Crippen LogP contribution is 2.35. The molecule has 0 spiro atoms. The molecule has 0 saturated carbocycles. The molecule has 2 aromatic rings. The van der Waals surface area contributed by atoms with Crippen LogP contribution in [0.2, 0.25) is 0 Å². The third-order valence-corrected chi connectivity index (χ3v) is 5.40. The lowest BCUT2D eigenvalue weighted by molar-refractivity contribution is -0.385. The van der Waals surface area contributed by atoms with E-state index < -0.39 is 27.3 Å². The van der Waals surface area contributed by atoms with Gasteiger partial charge in [-0.2, -0.15) is 5.10 Å². The first kappa shape index (κ1) is 22.1. The van der Waals surface area contributed by atoms with Crippen LogP contribution in [0, 0.1) is 24.0 Å². The number of rotatable bonds is 7. The molecule has 11 nitrogen and oxygen atoms in total. The van der Waals surface area contributed by atoms with E-state index in [9.17, 15) is 23.3 Å². The Labute approximate surface area is 168 Å². The minimum Gasteiger partial charge on any atom is -0.493 e. The molecule has 1 aromatic heterocycles. The molecule has 0 radical (unpaired) electrons. The summed E-state index contributed by atoms with van der Waals surface area (Å²) in [7, 11) is 0.268. The van der Waals surface area contributed by atoms with E-state index in [1.54, 1.807) is 20.9 Å². The third kappa shape index (κ3) is 4.31. The molecule has 0 bridgehead atoms. The average Bonchev–Trinajstić information content (AvgIpc) is 2.86. The molecule has 0 aliphatic carbocycles. The van der Waals surface area contributed by atoms with Crippen LogP contribution < -0.4 is 13.8 Å². The molecule has 158 valence electrons. The van der Waals surface area contributed by atoms with Gasteiger partial charge >= 0.3 is 0 Å². The van der Waals surface area contributed by atoms with Crippen LogP contribution in [0.3, 0.4) is 0 Å². The minimum absolute atomic E-state index is 0.00880. The lowest BCUT2D eigenvalue weighted by Gasteiger charge is -2.21. The van der Waals surface area contributed by atoms with Gasteiger partial charge in [-0.3, -0.25) is 19.6 Å². The number of methoxy groups -OCH3 is 2. The number of aromatic nitrogens is 2. The maximum absolute atomic E-state index is 13.0. The molecule has 1 amide bonds.